The summed E-state index contributed by atoms with van der Waals surface area (Å²) < 4.78 is 17.7. The molecule has 8 atom stereocenters. The minimum atomic E-state index is -1.62. The van der Waals surface area contributed by atoms with E-state index in [1.165, 1.54) is 173 Å². The summed E-state index contributed by atoms with van der Waals surface area (Å²) in [5, 5.41) is 57.1. The maximum Gasteiger partial charge on any atom is 0.306 e. The highest BCUT2D eigenvalue weighted by molar-refractivity contribution is 5.80. The first-order chi connectivity index (χ1) is 41.7. The third-order valence-corrected chi connectivity index (χ3v) is 16.3. The summed E-state index contributed by atoms with van der Waals surface area (Å²) in [6.45, 7) is 5.67. The monoisotopic (exact) mass is 1190 g/mol. The lowest BCUT2D eigenvalue weighted by molar-refractivity contribution is -0.305. The molecule has 0 radical (unpaired) electrons. The summed E-state index contributed by atoms with van der Waals surface area (Å²) in [5.41, 5.74) is 0. The van der Waals surface area contributed by atoms with Crippen molar-refractivity contribution in [1.29, 1.82) is 0 Å². The van der Waals surface area contributed by atoms with E-state index in [2.05, 4.69) is 92.9 Å². The van der Waals surface area contributed by atoms with E-state index in [1.54, 1.807) is 6.08 Å². The molecule has 6 N–H and O–H groups in total. The lowest BCUT2D eigenvalue weighted by atomic mass is 9.99. The summed E-state index contributed by atoms with van der Waals surface area (Å²) in [6.07, 6.45) is 70.7. The Morgan fingerprint density at radius 1 is 0.471 bits per heavy atom. The number of hydrogen-bond acceptors (Lipinski definition) is 10. The molecular formula is C74H131NO10. The van der Waals surface area contributed by atoms with E-state index in [0.717, 1.165) is 83.5 Å². The third kappa shape index (κ3) is 48.4. The number of aliphatic hydroxyl groups excluding tert-OH is 5. The zero-order valence-corrected chi connectivity index (χ0v) is 54.7. The average Bonchev–Trinajstić information content (AvgIpc) is 3.60. The summed E-state index contributed by atoms with van der Waals surface area (Å²) in [5.74, 6) is -1.24. The number of aliphatic hydroxyl groups is 5. The molecule has 1 fully saturated rings. The average molecular weight is 1190 g/mol. The normalized spacial score (nSPS) is 18.9. The number of allylic oxidation sites excluding steroid dienone is 13. The van der Waals surface area contributed by atoms with Crippen LogP contribution in [0.25, 0.3) is 0 Å². The third-order valence-electron chi connectivity index (χ3n) is 16.3. The van der Waals surface area contributed by atoms with E-state index >= 15 is 0 Å². The van der Waals surface area contributed by atoms with Crippen molar-refractivity contribution in [2.45, 2.75) is 359 Å². The fourth-order valence-corrected chi connectivity index (χ4v) is 10.8. The molecule has 11 nitrogen and oxygen atoms in total. The second kappa shape index (κ2) is 61.1. The molecule has 0 spiro atoms. The molecule has 11 heteroatoms. The quantitative estimate of drug-likeness (QED) is 0.0195. The zero-order valence-electron chi connectivity index (χ0n) is 54.7. The first-order valence-corrected chi connectivity index (χ1v) is 35.4. The van der Waals surface area contributed by atoms with Crippen LogP contribution in [0.4, 0.5) is 0 Å². The van der Waals surface area contributed by atoms with Crippen LogP contribution in [0.2, 0.25) is 0 Å². The van der Waals surface area contributed by atoms with Crippen molar-refractivity contribution in [2.75, 3.05) is 13.2 Å². The molecule has 0 bridgehead atoms. The van der Waals surface area contributed by atoms with Gasteiger partial charge in [-0.2, -0.15) is 0 Å². The fraction of sp³-hybridized carbons (Fsp3) is 0.784. The molecule has 8 unspecified atom stereocenters. The number of esters is 1. The van der Waals surface area contributed by atoms with Crippen LogP contribution in [-0.4, -0.2) is 99.6 Å². The Morgan fingerprint density at radius 2 is 0.847 bits per heavy atom. The van der Waals surface area contributed by atoms with E-state index < -0.39 is 67.4 Å². The second-order valence-electron chi connectivity index (χ2n) is 24.2. The standard InChI is InChI=1S/C74H131NO10/c1-4-7-10-13-16-19-22-24-26-28-30-32-33-34-35-36-38-40-42-44-47-50-53-56-59-62-69(79)85-72-71(81)70(80)68(63-76)84-74(72)83-64-65(66(77)60-57-54-51-48-45-21-18-15-12-9-6-3)75-73(82)67(78)61-58-55-52-49-46-43-41-39-37-31-29-27-25-23-20-17-14-11-8-5-2/h8,11,17,20,25,27,31,37,41,43,49,52,57,60,65-68,70-72,74,76-78,80-81H,4-7,9-10,12-16,18-19,21-24,26,28-30,32-36,38-40,42,44-48,50-51,53-56,58-59,61-64H2,1-3H3,(H,75,82)/b11-8-,20-17-,27-25-,37-31-,43-41-,52-49-,60-57+. The Balaban J connectivity index is 2.58. The van der Waals surface area contributed by atoms with Gasteiger partial charge in [0.15, 0.2) is 12.4 Å². The van der Waals surface area contributed by atoms with Gasteiger partial charge in [-0.3, -0.25) is 9.59 Å². The highest BCUT2D eigenvalue weighted by Gasteiger charge is 2.47. The highest BCUT2D eigenvalue weighted by Crippen LogP contribution is 2.26. The molecule has 0 aromatic heterocycles. The van der Waals surface area contributed by atoms with E-state index in [0.29, 0.717) is 19.3 Å². The molecule has 0 aromatic rings. The number of ether oxygens (including phenoxy) is 3. The van der Waals surface area contributed by atoms with Crippen LogP contribution in [0.15, 0.2) is 85.1 Å². The molecule has 1 aliphatic heterocycles. The number of hydrogen-bond donors (Lipinski definition) is 6. The van der Waals surface area contributed by atoms with Gasteiger partial charge in [-0.1, -0.05) is 311 Å². The lowest BCUT2D eigenvalue weighted by Gasteiger charge is -2.41. The van der Waals surface area contributed by atoms with E-state index in [1.807, 2.05) is 12.2 Å². The first-order valence-electron chi connectivity index (χ1n) is 35.4. The van der Waals surface area contributed by atoms with Gasteiger partial charge in [0.25, 0.3) is 0 Å². The smallest absolute Gasteiger partial charge is 0.306 e. The molecule has 1 amide bonds. The summed E-state index contributed by atoms with van der Waals surface area (Å²) in [4.78, 5) is 26.6. The van der Waals surface area contributed by atoms with Gasteiger partial charge in [0.05, 0.1) is 25.4 Å². The molecule has 1 heterocycles. The predicted octanol–water partition coefficient (Wildman–Crippen LogP) is 18.1. The molecule has 1 rings (SSSR count). The van der Waals surface area contributed by atoms with Crippen LogP contribution < -0.4 is 5.32 Å². The van der Waals surface area contributed by atoms with Gasteiger partial charge in [-0.25, -0.2) is 0 Å². The number of rotatable bonds is 60. The Bertz CT molecular complexity index is 1710. The van der Waals surface area contributed by atoms with E-state index in [4.69, 9.17) is 14.2 Å². The van der Waals surface area contributed by atoms with Crippen molar-refractivity contribution in [3.8, 4) is 0 Å². The van der Waals surface area contributed by atoms with Gasteiger partial charge in [-0.15, -0.1) is 0 Å². The Kier molecular flexibility index (Phi) is 57.4. The second-order valence-corrected chi connectivity index (χ2v) is 24.2. The summed E-state index contributed by atoms with van der Waals surface area (Å²) in [7, 11) is 0. The predicted molar refractivity (Wildman–Crippen MR) is 356 cm³/mol. The maximum absolute atomic E-state index is 13.4. The highest BCUT2D eigenvalue weighted by atomic mass is 16.7. The van der Waals surface area contributed by atoms with Crippen LogP contribution in [-0.2, 0) is 23.8 Å². The molecule has 0 aromatic carbocycles. The Morgan fingerprint density at radius 3 is 1.26 bits per heavy atom. The fourth-order valence-electron chi connectivity index (χ4n) is 10.8. The molecule has 1 aliphatic rings. The topological polar surface area (TPSA) is 175 Å². The lowest BCUT2D eigenvalue weighted by Crippen LogP contribution is -2.61. The largest absolute Gasteiger partial charge is 0.454 e. The molecule has 492 valence electrons. The molecular weight excluding hydrogens is 1060 g/mol. The van der Waals surface area contributed by atoms with Gasteiger partial charge in [0.1, 0.15) is 24.4 Å². The van der Waals surface area contributed by atoms with Crippen molar-refractivity contribution in [2.24, 2.45) is 0 Å². The van der Waals surface area contributed by atoms with Gasteiger partial charge >= 0.3 is 5.97 Å². The van der Waals surface area contributed by atoms with Crippen molar-refractivity contribution in [1.82, 2.24) is 5.32 Å². The van der Waals surface area contributed by atoms with E-state index in [-0.39, 0.29) is 19.4 Å². The summed E-state index contributed by atoms with van der Waals surface area (Å²) >= 11 is 0. The van der Waals surface area contributed by atoms with Crippen LogP contribution in [0.1, 0.15) is 310 Å². The number of amides is 1. The van der Waals surface area contributed by atoms with Crippen LogP contribution in [0, 0.1) is 0 Å². The van der Waals surface area contributed by atoms with Crippen molar-refractivity contribution >= 4 is 11.9 Å². The van der Waals surface area contributed by atoms with Crippen molar-refractivity contribution in [3.05, 3.63) is 85.1 Å². The van der Waals surface area contributed by atoms with Crippen molar-refractivity contribution < 1.29 is 49.3 Å². The molecule has 0 saturated carbocycles. The summed E-state index contributed by atoms with van der Waals surface area (Å²) in [6, 6.07) is -1.05. The number of carbonyl (C=O) groups excluding carboxylic acids is 2. The SMILES string of the molecule is CC/C=C\C/C=C\C/C=C\C/C=C\C/C=C\C/C=C\CCCC(O)C(=O)NC(COC1OC(CO)C(O)C(O)C1OC(=O)CCCCCCCCCCCCCCCCCCCCCCCCCCC)C(O)/C=C/CCCCCCCCCCC. The van der Waals surface area contributed by atoms with Gasteiger partial charge in [0, 0.05) is 6.42 Å². The number of unbranched alkanes of at least 4 members (excludes halogenated alkanes) is 34. The van der Waals surface area contributed by atoms with Crippen LogP contribution in [0.3, 0.4) is 0 Å². The van der Waals surface area contributed by atoms with Gasteiger partial charge < -0.3 is 45.1 Å². The maximum atomic E-state index is 13.4. The Labute approximate surface area is 521 Å². The van der Waals surface area contributed by atoms with Crippen LogP contribution >= 0.6 is 0 Å². The molecule has 85 heavy (non-hydrogen) atoms. The van der Waals surface area contributed by atoms with E-state index in [9.17, 15) is 35.1 Å². The molecule has 0 aliphatic carbocycles. The zero-order chi connectivity index (χ0) is 61.7. The first kappa shape index (κ1) is 79.9. The van der Waals surface area contributed by atoms with Crippen LogP contribution in [0.5, 0.6) is 0 Å². The van der Waals surface area contributed by atoms with Gasteiger partial charge in [0.2, 0.25) is 5.91 Å². The number of carbonyl (C=O) groups is 2. The van der Waals surface area contributed by atoms with Crippen molar-refractivity contribution in [3.63, 3.8) is 0 Å². The minimum Gasteiger partial charge on any atom is -0.454 e. The number of nitrogens with one attached hydrogen (secondary N) is 1. The Hall–Kier alpha value is -3.16. The molecule has 1 saturated heterocycles. The van der Waals surface area contributed by atoms with Gasteiger partial charge in [-0.05, 0) is 77.0 Å². The minimum absolute atomic E-state index is 0.119.